The van der Waals surface area contributed by atoms with Crippen LogP contribution in [0.3, 0.4) is 0 Å². The fraction of sp³-hybridized carbons (Fsp3) is 0.882. The molecule has 0 saturated carbocycles. The summed E-state index contributed by atoms with van der Waals surface area (Å²) in [5, 5.41) is 0. The molecule has 0 radical (unpaired) electrons. The van der Waals surface area contributed by atoms with Gasteiger partial charge in [-0.2, -0.15) is 0 Å². The molecule has 0 aromatic heterocycles. The van der Waals surface area contributed by atoms with Crippen molar-refractivity contribution in [2.75, 3.05) is 73.6 Å². The normalized spacial score (nSPS) is 21.6. The first-order valence-electron chi connectivity index (χ1n) is 8.96. The van der Waals surface area contributed by atoms with Crippen LogP contribution < -0.4 is 0 Å². The summed E-state index contributed by atoms with van der Waals surface area (Å²) >= 11 is 0. The van der Waals surface area contributed by atoms with E-state index in [4.69, 9.17) is 4.74 Å². The first kappa shape index (κ1) is 19.1. The Balaban J connectivity index is 1.59. The highest BCUT2D eigenvalue weighted by Gasteiger charge is 2.26. The Morgan fingerprint density at radius 2 is 1.67 bits per heavy atom. The van der Waals surface area contributed by atoms with Crippen LogP contribution in [0.2, 0.25) is 0 Å². The lowest BCUT2D eigenvalue weighted by Crippen LogP contribution is -2.53. The van der Waals surface area contributed by atoms with E-state index in [1.54, 1.807) is 14.1 Å². The minimum absolute atomic E-state index is 0.157. The predicted molar refractivity (Wildman–Crippen MR) is 92.8 cm³/mol. The van der Waals surface area contributed by atoms with Crippen LogP contribution in [0.25, 0.3) is 0 Å². The quantitative estimate of drug-likeness (QED) is 0.620. The van der Waals surface area contributed by atoms with E-state index in [0.29, 0.717) is 6.42 Å². The molecule has 2 saturated heterocycles. The average molecular weight is 340 g/mol. The number of rotatable bonds is 6. The van der Waals surface area contributed by atoms with Crippen molar-refractivity contribution in [1.29, 1.82) is 0 Å². The molecule has 138 valence electrons. The molecule has 2 rings (SSSR count). The van der Waals surface area contributed by atoms with Crippen molar-refractivity contribution < 1.29 is 14.3 Å². The summed E-state index contributed by atoms with van der Waals surface area (Å²) < 4.78 is 5.01. The highest BCUT2D eigenvalue weighted by atomic mass is 16.5. The Kier molecular flexibility index (Phi) is 7.45. The van der Waals surface area contributed by atoms with Crippen LogP contribution in [0.1, 0.15) is 19.3 Å². The summed E-state index contributed by atoms with van der Waals surface area (Å²) in [6, 6.07) is 0.727. The van der Waals surface area contributed by atoms with Gasteiger partial charge in [-0.3, -0.25) is 14.5 Å². The number of amides is 1. The van der Waals surface area contributed by atoms with Gasteiger partial charge in [-0.15, -0.1) is 0 Å². The third-order valence-electron chi connectivity index (χ3n) is 5.10. The van der Waals surface area contributed by atoms with Gasteiger partial charge in [0.2, 0.25) is 0 Å². The van der Waals surface area contributed by atoms with Gasteiger partial charge in [0.1, 0.15) is 0 Å². The number of piperidine rings is 1. The van der Waals surface area contributed by atoms with E-state index in [1.165, 1.54) is 30.8 Å². The van der Waals surface area contributed by atoms with Crippen molar-refractivity contribution in [1.82, 2.24) is 19.6 Å². The van der Waals surface area contributed by atoms with E-state index in [9.17, 15) is 9.59 Å². The molecule has 24 heavy (non-hydrogen) atoms. The SMILES string of the molecule is CN1CCC(N2CCN(CCC(=O)OCC(=O)N(C)C)CC2)CC1. The van der Waals surface area contributed by atoms with Gasteiger partial charge in [-0.05, 0) is 33.0 Å². The third kappa shape index (κ3) is 6.03. The van der Waals surface area contributed by atoms with E-state index in [2.05, 4.69) is 21.7 Å². The molecule has 2 heterocycles. The summed E-state index contributed by atoms with van der Waals surface area (Å²) in [5.74, 6) is -0.474. The number of esters is 1. The van der Waals surface area contributed by atoms with E-state index in [-0.39, 0.29) is 18.5 Å². The maximum absolute atomic E-state index is 11.7. The molecule has 0 spiro atoms. The number of likely N-dealkylation sites (N-methyl/N-ethyl adjacent to an activating group) is 1. The van der Waals surface area contributed by atoms with Crippen molar-refractivity contribution in [3.8, 4) is 0 Å². The Labute approximate surface area is 145 Å². The largest absolute Gasteiger partial charge is 0.456 e. The maximum atomic E-state index is 11.7. The molecule has 2 aliphatic rings. The maximum Gasteiger partial charge on any atom is 0.307 e. The number of piperazine rings is 1. The van der Waals surface area contributed by atoms with E-state index < -0.39 is 0 Å². The first-order chi connectivity index (χ1) is 11.5. The zero-order valence-electron chi connectivity index (χ0n) is 15.4. The van der Waals surface area contributed by atoms with Gasteiger partial charge in [0.05, 0.1) is 6.42 Å². The number of nitrogens with zero attached hydrogens (tertiary/aromatic N) is 4. The second-order valence-corrected chi connectivity index (χ2v) is 7.11. The number of ether oxygens (including phenoxy) is 1. The topological polar surface area (TPSA) is 56.3 Å². The monoisotopic (exact) mass is 340 g/mol. The van der Waals surface area contributed by atoms with Crippen LogP contribution in [-0.2, 0) is 14.3 Å². The lowest BCUT2D eigenvalue weighted by Gasteiger charge is -2.42. The number of likely N-dealkylation sites (tertiary alicyclic amines) is 1. The molecule has 0 unspecified atom stereocenters. The molecule has 1 amide bonds. The molecule has 2 aliphatic heterocycles. The Bertz CT molecular complexity index is 414. The van der Waals surface area contributed by atoms with Crippen LogP contribution in [-0.4, -0.2) is 111 Å². The minimum Gasteiger partial charge on any atom is -0.456 e. The summed E-state index contributed by atoms with van der Waals surface area (Å²) in [5.41, 5.74) is 0. The lowest BCUT2D eigenvalue weighted by molar-refractivity contribution is -0.151. The second kappa shape index (κ2) is 9.34. The van der Waals surface area contributed by atoms with Crippen molar-refractivity contribution >= 4 is 11.9 Å². The standard InChI is InChI=1S/C17H32N4O3/c1-18(2)16(22)14-24-17(23)6-9-20-10-12-21(13-11-20)15-4-7-19(3)8-5-15/h15H,4-14H2,1-3H3. The molecule has 0 atom stereocenters. The molecular weight excluding hydrogens is 308 g/mol. The van der Waals surface area contributed by atoms with Crippen LogP contribution in [0, 0.1) is 0 Å². The molecular formula is C17H32N4O3. The fourth-order valence-electron chi connectivity index (χ4n) is 3.31. The Morgan fingerprint density at radius 3 is 2.25 bits per heavy atom. The lowest BCUT2D eigenvalue weighted by atomic mass is 10.0. The van der Waals surface area contributed by atoms with Crippen LogP contribution in [0.4, 0.5) is 0 Å². The van der Waals surface area contributed by atoms with Crippen molar-refractivity contribution in [2.24, 2.45) is 0 Å². The summed E-state index contributed by atoms with van der Waals surface area (Å²) in [7, 11) is 5.50. The van der Waals surface area contributed by atoms with Crippen molar-refractivity contribution in [2.45, 2.75) is 25.3 Å². The zero-order chi connectivity index (χ0) is 17.5. The zero-order valence-corrected chi connectivity index (χ0v) is 15.4. The first-order valence-corrected chi connectivity index (χ1v) is 8.96. The highest BCUT2D eigenvalue weighted by Crippen LogP contribution is 2.17. The third-order valence-corrected chi connectivity index (χ3v) is 5.10. The van der Waals surface area contributed by atoms with Crippen molar-refractivity contribution in [3.63, 3.8) is 0 Å². The fourth-order valence-corrected chi connectivity index (χ4v) is 3.31. The van der Waals surface area contributed by atoms with Crippen LogP contribution in [0.5, 0.6) is 0 Å². The second-order valence-electron chi connectivity index (χ2n) is 7.11. The number of carbonyl (C=O) groups excluding carboxylic acids is 2. The van der Waals surface area contributed by atoms with Gasteiger partial charge in [0.25, 0.3) is 5.91 Å². The smallest absolute Gasteiger partial charge is 0.307 e. The van der Waals surface area contributed by atoms with E-state index in [1.807, 2.05) is 0 Å². The predicted octanol–water partition coefficient (Wildman–Crippen LogP) is -0.280. The number of hydrogen-bond acceptors (Lipinski definition) is 6. The van der Waals surface area contributed by atoms with Gasteiger partial charge >= 0.3 is 5.97 Å². The Hall–Kier alpha value is -1.18. The molecule has 7 heteroatoms. The van der Waals surface area contributed by atoms with Crippen LogP contribution >= 0.6 is 0 Å². The average Bonchev–Trinajstić information content (AvgIpc) is 2.59. The summed E-state index contributed by atoms with van der Waals surface area (Å²) in [6.07, 6.45) is 2.89. The van der Waals surface area contributed by atoms with E-state index in [0.717, 1.165) is 38.8 Å². The van der Waals surface area contributed by atoms with Crippen molar-refractivity contribution in [3.05, 3.63) is 0 Å². The molecule has 0 aliphatic carbocycles. The van der Waals surface area contributed by atoms with Gasteiger partial charge in [0, 0.05) is 52.9 Å². The van der Waals surface area contributed by atoms with Gasteiger partial charge < -0.3 is 19.4 Å². The molecule has 0 bridgehead atoms. The minimum atomic E-state index is -0.289. The van der Waals surface area contributed by atoms with Gasteiger partial charge in [0.15, 0.2) is 6.61 Å². The Morgan fingerprint density at radius 1 is 1.04 bits per heavy atom. The summed E-state index contributed by atoms with van der Waals surface area (Å²) in [4.78, 5) is 31.9. The molecule has 0 aromatic rings. The van der Waals surface area contributed by atoms with Gasteiger partial charge in [-0.25, -0.2) is 0 Å². The number of carbonyl (C=O) groups is 2. The highest BCUT2D eigenvalue weighted by molar-refractivity contribution is 5.80. The number of hydrogen-bond donors (Lipinski definition) is 0. The molecule has 2 fully saturated rings. The van der Waals surface area contributed by atoms with E-state index >= 15 is 0 Å². The summed E-state index contributed by atoms with van der Waals surface area (Å²) in [6.45, 7) is 7.15. The van der Waals surface area contributed by atoms with Gasteiger partial charge in [-0.1, -0.05) is 0 Å². The molecule has 0 aromatic carbocycles. The van der Waals surface area contributed by atoms with Crippen LogP contribution in [0.15, 0.2) is 0 Å². The molecule has 0 N–H and O–H groups in total. The molecule has 7 nitrogen and oxygen atoms in total.